The van der Waals surface area contributed by atoms with E-state index in [-0.39, 0.29) is 18.2 Å². The average Bonchev–Trinajstić information content (AvgIpc) is 2.50. The molecule has 0 spiro atoms. The molecule has 0 atom stereocenters. The summed E-state index contributed by atoms with van der Waals surface area (Å²) in [6.45, 7) is 4.19. The molecule has 0 unspecified atom stereocenters. The van der Waals surface area contributed by atoms with E-state index in [4.69, 9.17) is 0 Å². The van der Waals surface area contributed by atoms with E-state index in [9.17, 15) is 9.90 Å². The molecule has 0 saturated heterocycles. The first-order valence-electron chi connectivity index (χ1n) is 6.97. The van der Waals surface area contributed by atoms with Crippen molar-refractivity contribution in [3.8, 4) is 5.75 Å². The number of phenols is 1. The first-order valence-corrected chi connectivity index (χ1v) is 6.97. The number of aromatic hydroxyl groups is 1. The number of hydrogen-bond donors (Lipinski definition) is 3. The molecule has 0 aliphatic carbocycles. The van der Waals surface area contributed by atoms with Crippen LogP contribution < -0.4 is 10.7 Å². The Kier molecular flexibility index (Phi) is 5.14. The molecule has 0 aromatic heterocycles. The van der Waals surface area contributed by atoms with Gasteiger partial charge in [-0.1, -0.05) is 18.2 Å². The summed E-state index contributed by atoms with van der Waals surface area (Å²) in [5.41, 5.74) is 6.23. The molecule has 22 heavy (non-hydrogen) atoms. The van der Waals surface area contributed by atoms with Gasteiger partial charge in [-0.25, -0.2) is 5.43 Å². The van der Waals surface area contributed by atoms with Gasteiger partial charge in [-0.15, -0.1) is 0 Å². The maximum absolute atomic E-state index is 11.7. The number of para-hydroxylation sites is 1. The molecule has 2 rings (SSSR count). The van der Waals surface area contributed by atoms with Gasteiger partial charge in [0.25, 0.3) is 5.91 Å². The fourth-order valence-corrected chi connectivity index (χ4v) is 1.84. The highest BCUT2D eigenvalue weighted by Gasteiger charge is 2.01. The van der Waals surface area contributed by atoms with Crippen molar-refractivity contribution < 1.29 is 9.90 Å². The maximum Gasteiger partial charge on any atom is 0.259 e. The van der Waals surface area contributed by atoms with E-state index in [1.54, 1.807) is 24.3 Å². The molecule has 2 aromatic rings. The third kappa shape index (κ3) is 4.34. The first kappa shape index (κ1) is 15.6. The highest BCUT2D eigenvalue weighted by Crippen LogP contribution is 2.14. The Morgan fingerprint density at radius 1 is 1.18 bits per heavy atom. The molecule has 1 amide bonds. The van der Waals surface area contributed by atoms with Gasteiger partial charge in [0.05, 0.1) is 12.8 Å². The minimum atomic E-state index is -0.259. The van der Waals surface area contributed by atoms with Crippen molar-refractivity contribution in [2.45, 2.75) is 13.8 Å². The van der Waals surface area contributed by atoms with Crippen molar-refractivity contribution in [1.29, 1.82) is 0 Å². The summed E-state index contributed by atoms with van der Waals surface area (Å²) in [6.07, 6.45) is 1.41. The van der Waals surface area contributed by atoms with Gasteiger partial charge in [0.1, 0.15) is 5.75 Å². The van der Waals surface area contributed by atoms with E-state index in [2.05, 4.69) is 15.8 Å². The number of amides is 1. The third-order valence-electron chi connectivity index (χ3n) is 3.29. The molecule has 0 heterocycles. The second kappa shape index (κ2) is 7.26. The van der Waals surface area contributed by atoms with Crippen LogP contribution in [0.2, 0.25) is 0 Å². The van der Waals surface area contributed by atoms with Crippen LogP contribution in [0.5, 0.6) is 5.75 Å². The standard InChI is InChI=1S/C17H19N3O2/c1-12-7-8-15(9-13(12)2)18-11-17(22)20-19-10-14-5-3-4-6-16(14)21/h3-10,18,21H,11H2,1-2H3,(H,20,22)/b19-10-. The molecular weight excluding hydrogens is 278 g/mol. The molecule has 0 aliphatic rings. The third-order valence-corrected chi connectivity index (χ3v) is 3.29. The molecule has 0 saturated carbocycles. The van der Waals surface area contributed by atoms with E-state index in [0.717, 1.165) is 5.69 Å². The molecular formula is C17H19N3O2. The number of carbonyl (C=O) groups is 1. The van der Waals surface area contributed by atoms with Crippen LogP contribution in [-0.2, 0) is 4.79 Å². The predicted molar refractivity (Wildman–Crippen MR) is 88.2 cm³/mol. The smallest absolute Gasteiger partial charge is 0.259 e. The van der Waals surface area contributed by atoms with Crippen molar-refractivity contribution >= 4 is 17.8 Å². The minimum Gasteiger partial charge on any atom is -0.507 e. The van der Waals surface area contributed by atoms with E-state index in [0.29, 0.717) is 5.56 Å². The zero-order valence-corrected chi connectivity index (χ0v) is 12.6. The molecule has 2 aromatic carbocycles. The van der Waals surface area contributed by atoms with Crippen molar-refractivity contribution in [2.24, 2.45) is 5.10 Å². The number of aryl methyl sites for hydroxylation is 2. The Bertz CT molecular complexity index is 696. The number of hydrazone groups is 1. The topological polar surface area (TPSA) is 73.7 Å². The second-order valence-electron chi connectivity index (χ2n) is 5.00. The van der Waals surface area contributed by atoms with E-state index >= 15 is 0 Å². The Morgan fingerprint density at radius 3 is 2.68 bits per heavy atom. The number of benzene rings is 2. The van der Waals surface area contributed by atoms with Crippen LogP contribution in [0.15, 0.2) is 47.6 Å². The van der Waals surface area contributed by atoms with Gasteiger partial charge in [0.15, 0.2) is 0 Å². The minimum absolute atomic E-state index is 0.119. The Labute approximate surface area is 129 Å². The van der Waals surface area contributed by atoms with Gasteiger partial charge in [-0.2, -0.15) is 5.10 Å². The molecule has 0 radical (unpaired) electrons. The molecule has 5 nitrogen and oxygen atoms in total. The van der Waals surface area contributed by atoms with Crippen LogP contribution in [0.4, 0.5) is 5.69 Å². The van der Waals surface area contributed by atoms with E-state index in [1.807, 2.05) is 32.0 Å². The zero-order chi connectivity index (χ0) is 15.9. The van der Waals surface area contributed by atoms with Crippen molar-refractivity contribution in [2.75, 3.05) is 11.9 Å². The lowest BCUT2D eigenvalue weighted by molar-refractivity contribution is -0.119. The fourth-order valence-electron chi connectivity index (χ4n) is 1.84. The Balaban J connectivity index is 1.83. The number of carbonyl (C=O) groups excluding carboxylic acids is 1. The van der Waals surface area contributed by atoms with Crippen molar-refractivity contribution in [3.05, 3.63) is 59.2 Å². The Hall–Kier alpha value is -2.82. The van der Waals surface area contributed by atoms with Gasteiger partial charge >= 0.3 is 0 Å². The number of nitrogens with one attached hydrogen (secondary N) is 2. The van der Waals surface area contributed by atoms with Gasteiger partial charge < -0.3 is 10.4 Å². The van der Waals surface area contributed by atoms with Gasteiger partial charge in [-0.3, -0.25) is 4.79 Å². The highest BCUT2D eigenvalue weighted by atomic mass is 16.3. The van der Waals surface area contributed by atoms with Crippen LogP contribution in [-0.4, -0.2) is 23.8 Å². The molecule has 3 N–H and O–H groups in total. The molecule has 0 bridgehead atoms. The number of anilines is 1. The van der Waals surface area contributed by atoms with Gasteiger partial charge in [-0.05, 0) is 49.2 Å². The SMILES string of the molecule is Cc1ccc(NCC(=O)N/N=C\c2ccccc2O)cc1C. The monoisotopic (exact) mass is 297 g/mol. The fraction of sp³-hybridized carbons (Fsp3) is 0.176. The quantitative estimate of drug-likeness (QED) is 0.586. The summed E-state index contributed by atoms with van der Waals surface area (Å²) in [4.78, 5) is 11.7. The highest BCUT2D eigenvalue weighted by molar-refractivity contribution is 5.86. The number of phenolic OH excluding ortho intramolecular Hbond substituents is 1. The van der Waals surface area contributed by atoms with E-state index in [1.165, 1.54) is 17.3 Å². The van der Waals surface area contributed by atoms with Crippen molar-refractivity contribution in [1.82, 2.24) is 5.43 Å². The second-order valence-corrected chi connectivity index (χ2v) is 5.00. The van der Waals surface area contributed by atoms with Gasteiger partial charge in [0, 0.05) is 11.3 Å². The molecule has 0 aliphatic heterocycles. The summed E-state index contributed by atoms with van der Waals surface area (Å²) in [7, 11) is 0. The van der Waals surface area contributed by atoms with E-state index < -0.39 is 0 Å². The van der Waals surface area contributed by atoms with Crippen LogP contribution in [0, 0.1) is 13.8 Å². The normalized spacial score (nSPS) is 10.6. The molecule has 0 fully saturated rings. The summed E-state index contributed by atoms with van der Waals surface area (Å²) in [5.74, 6) is -0.140. The predicted octanol–water partition coefficient (Wildman–Crippen LogP) is 2.57. The summed E-state index contributed by atoms with van der Waals surface area (Å²) in [5, 5.41) is 16.4. The maximum atomic E-state index is 11.7. The number of nitrogens with zero attached hydrogens (tertiary/aromatic N) is 1. The van der Waals surface area contributed by atoms with Crippen LogP contribution in [0.1, 0.15) is 16.7 Å². The summed E-state index contributed by atoms with van der Waals surface area (Å²) in [6, 6.07) is 12.7. The van der Waals surface area contributed by atoms with Crippen LogP contribution in [0.3, 0.4) is 0 Å². The van der Waals surface area contributed by atoms with Gasteiger partial charge in [0.2, 0.25) is 0 Å². The zero-order valence-electron chi connectivity index (χ0n) is 12.6. The Morgan fingerprint density at radius 2 is 1.95 bits per heavy atom. The first-order chi connectivity index (χ1) is 10.6. The average molecular weight is 297 g/mol. The van der Waals surface area contributed by atoms with Crippen molar-refractivity contribution in [3.63, 3.8) is 0 Å². The molecule has 114 valence electrons. The van der Waals surface area contributed by atoms with Crippen LogP contribution in [0.25, 0.3) is 0 Å². The number of rotatable bonds is 5. The molecule has 5 heteroatoms. The lowest BCUT2D eigenvalue weighted by atomic mass is 10.1. The number of hydrogen-bond acceptors (Lipinski definition) is 4. The largest absolute Gasteiger partial charge is 0.507 e. The summed E-state index contributed by atoms with van der Waals surface area (Å²) >= 11 is 0. The van der Waals surface area contributed by atoms with Crippen LogP contribution >= 0.6 is 0 Å². The lowest BCUT2D eigenvalue weighted by Crippen LogP contribution is -2.25. The summed E-state index contributed by atoms with van der Waals surface area (Å²) < 4.78 is 0. The lowest BCUT2D eigenvalue weighted by Gasteiger charge is -2.07.